The molecule has 0 spiro atoms. The summed E-state index contributed by atoms with van der Waals surface area (Å²) in [5, 5.41) is 15.0. The van der Waals surface area contributed by atoms with Gasteiger partial charge in [0.25, 0.3) is 0 Å². The largest absolute Gasteiger partial charge is 0.444 e. The van der Waals surface area contributed by atoms with Crippen LogP contribution in [0.4, 0.5) is 4.79 Å². The Morgan fingerprint density at radius 2 is 2.00 bits per heavy atom. The lowest BCUT2D eigenvalue weighted by atomic mass is 10.0. The van der Waals surface area contributed by atoms with Gasteiger partial charge in [0.1, 0.15) is 11.6 Å². The number of carbonyl (C=O) groups excluding carboxylic acids is 2. The molecule has 3 N–H and O–H groups in total. The molecule has 0 saturated carbocycles. The van der Waals surface area contributed by atoms with Crippen LogP contribution in [0, 0.1) is 0 Å². The molecule has 0 aliphatic carbocycles. The van der Waals surface area contributed by atoms with E-state index in [1.165, 1.54) is 0 Å². The van der Waals surface area contributed by atoms with Crippen molar-refractivity contribution in [2.75, 3.05) is 6.61 Å². The molecule has 2 rings (SSSR count). The fraction of sp³-hybridized carbons (Fsp3) is 0.556. The van der Waals surface area contributed by atoms with Gasteiger partial charge in [-0.25, -0.2) is 4.79 Å². The van der Waals surface area contributed by atoms with Gasteiger partial charge in [-0.3, -0.25) is 4.79 Å². The maximum atomic E-state index is 12.6. The van der Waals surface area contributed by atoms with Crippen LogP contribution in [0.3, 0.4) is 0 Å². The topological polar surface area (TPSA) is 96.9 Å². The highest BCUT2D eigenvalue weighted by Gasteiger charge is 2.31. The second kappa shape index (κ2) is 8.31. The van der Waals surface area contributed by atoms with Crippen LogP contribution in [-0.4, -0.2) is 47.7 Å². The monoisotopic (exact) mass is 350 g/mol. The average molecular weight is 350 g/mol. The molecule has 1 unspecified atom stereocenters. The summed E-state index contributed by atoms with van der Waals surface area (Å²) in [6, 6.07) is 8.08. The van der Waals surface area contributed by atoms with Gasteiger partial charge >= 0.3 is 6.09 Å². The number of benzene rings is 1. The number of alkyl carbamates (subject to hydrolysis) is 1. The van der Waals surface area contributed by atoms with E-state index in [0.717, 1.165) is 5.56 Å². The number of aliphatic hydroxyl groups excluding tert-OH is 1. The van der Waals surface area contributed by atoms with Crippen molar-refractivity contribution in [3.8, 4) is 0 Å². The van der Waals surface area contributed by atoms with E-state index in [4.69, 9.17) is 9.47 Å². The van der Waals surface area contributed by atoms with Gasteiger partial charge in [0.05, 0.1) is 12.6 Å². The minimum absolute atomic E-state index is 0.315. The predicted octanol–water partition coefficient (Wildman–Crippen LogP) is 1.35. The first kappa shape index (κ1) is 19.2. The van der Waals surface area contributed by atoms with Gasteiger partial charge in [-0.15, -0.1) is 0 Å². The number of hydrogen-bond acceptors (Lipinski definition) is 5. The van der Waals surface area contributed by atoms with E-state index in [2.05, 4.69) is 10.6 Å². The highest BCUT2D eigenvalue weighted by atomic mass is 16.6. The molecule has 1 saturated heterocycles. The Morgan fingerprint density at radius 3 is 2.56 bits per heavy atom. The number of carbonyl (C=O) groups is 2. The Balaban J connectivity index is 2.05. The first-order chi connectivity index (χ1) is 11.7. The number of amides is 2. The number of hydrogen-bond donors (Lipinski definition) is 3. The Hall–Kier alpha value is -2.12. The molecule has 2 amide bonds. The Labute approximate surface area is 147 Å². The summed E-state index contributed by atoms with van der Waals surface area (Å²) >= 11 is 0. The van der Waals surface area contributed by atoms with Crippen molar-refractivity contribution in [1.29, 1.82) is 0 Å². The molecule has 138 valence electrons. The third-order valence-electron chi connectivity index (χ3n) is 3.68. The van der Waals surface area contributed by atoms with Gasteiger partial charge in [0.15, 0.2) is 6.29 Å². The minimum Gasteiger partial charge on any atom is -0.444 e. The van der Waals surface area contributed by atoms with E-state index >= 15 is 0 Å². The second-order valence-electron chi connectivity index (χ2n) is 7.05. The van der Waals surface area contributed by atoms with E-state index in [9.17, 15) is 14.7 Å². The molecule has 1 aromatic carbocycles. The van der Waals surface area contributed by atoms with Crippen molar-refractivity contribution in [2.45, 2.75) is 57.6 Å². The van der Waals surface area contributed by atoms with Gasteiger partial charge in [-0.05, 0) is 32.8 Å². The zero-order valence-electron chi connectivity index (χ0n) is 14.8. The molecule has 0 radical (unpaired) electrons. The fourth-order valence-electron chi connectivity index (χ4n) is 2.51. The molecule has 25 heavy (non-hydrogen) atoms. The van der Waals surface area contributed by atoms with Crippen molar-refractivity contribution in [3.63, 3.8) is 0 Å². The molecule has 1 fully saturated rings. The standard InChI is InChI=1S/C18H26N2O5/c1-18(2,3)25-17(23)20-14(11-12-7-5-4-6-8-12)15(21)19-13-9-10-24-16(13)22/h4-8,13-14,16,22H,9-11H2,1-3H3,(H,19,21)(H,20,23)/t13-,14-,16?/m0/s1. The summed E-state index contributed by atoms with van der Waals surface area (Å²) in [5.74, 6) is -0.385. The van der Waals surface area contributed by atoms with Crippen LogP contribution in [-0.2, 0) is 20.7 Å². The van der Waals surface area contributed by atoms with Crippen LogP contribution in [0.2, 0.25) is 0 Å². The predicted molar refractivity (Wildman–Crippen MR) is 91.8 cm³/mol. The van der Waals surface area contributed by atoms with Crippen LogP contribution in [0.25, 0.3) is 0 Å². The van der Waals surface area contributed by atoms with Crippen molar-refractivity contribution in [3.05, 3.63) is 35.9 Å². The van der Waals surface area contributed by atoms with Crippen molar-refractivity contribution in [1.82, 2.24) is 10.6 Å². The molecule has 1 aliphatic rings. The fourth-order valence-corrected chi connectivity index (χ4v) is 2.51. The number of nitrogens with one attached hydrogen (secondary N) is 2. The van der Waals surface area contributed by atoms with E-state index in [0.29, 0.717) is 19.4 Å². The summed E-state index contributed by atoms with van der Waals surface area (Å²) in [5.41, 5.74) is 0.245. The summed E-state index contributed by atoms with van der Waals surface area (Å²) < 4.78 is 10.3. The molecule has 0 bridgehead atoms. The van der Waals surface area contributed by atoms with Crippen LogP contribution in [0.1, 0.15) is 32.8 Å². The SMILES string of the molecule is CC(C)(C)OC(=O)N[C@@H](Cc1ccccc1)C(=O)N[C@H]1CCOC1O. The smallest absolute Gasteiger partial charge is 0.408 e. The summed E-state index contributed by atoms with van der Waals surface area (Å²) in [4.78, 5) is 24.7. The molecule has 1 heterocycles. The summed E-state index contributed by atoms with van der Waals surface area (Å²) in [6.07, 6.45) is -0.845. The molecule has 1 aliphatic heterocycles. The Bertz CT molecular complexity index is 585. The number of rotatable bonds is 5. The lowest BCUT2D eigenvalue weighted by Crippen LogP contribution is -2.53. The molecule has 7 heteroatoms. The maximum absolute atomic E-state index is 12.6. The van der Waals surface area contributed by atoms with Crippen LogP contribution >= 0.6 is 0 Å². The highest BCUT2D eigenvalue weighted by Crippen LogP contribution is 2.12. The Morgan fingerprint density at radius 1 is 1.32 bits per heavy atom. The van der Waals surface area contributed by atoms with Crippen LogP contribution in [0.15, 0.2) is 30.3 Å². The Kier molecular flexibility index (Phi) is 6.39. The van der Waals surface area contributed by atoms with Gasteiger partial charge < -0.3 is 25.2 Å². The zero-order valence-corrected chi connectivity index (χ0v) is 14.8. The van der Waals surface area contributed by atoms with Gasteiger partial charge in [-0.2, -0.15) is 0 Å². The first-order valence-corrected chi connectivity index (χ1v) is 8.38. The molecular weight excluding hydrogens is 324 g/mol. The first-order valence-electron chi connectivity index (χ1n) is 8.38. The molecule has 1 aromatic rings. The average Bonchev–Trinajstić information content (AvgIpc) is 2.91. The zero-order chi connectivity index (χ0) is 18.4. The third kappa shape index (κ3) is 6.36. The maximum Gasteiger partial charge on any atom is 0.408 e. The number of aliphatic hydroxyl groups is 1. The van der Waals surface area contributed by atoms with Crippen molar-refractivity contribution >= 4 is 12.0 Å². The summed E-state index contributed by atoms with van der Waals surface area (Å²) in [7, 11) is 0. The van der Waals surface area contributed by atoms with E-state index in [1.54, 1.807) is 20.8 Å². The van der Waals surface area contributed by atoms with Crippen LogP contribution < -0.4 is 10.6 Å². The number of ether oxygens (including phenoxy) is 2. The summed E-state index contributed by atoms with van der Waals surface area (Å²) in [6.45, 7) is 5.65. The molecule has 7 nitrogen and oxygen atoms in total. The van der Waals surface area contributed by atoms with Crippen molar-refractivity contribution < 1.29 is 24.2 Å². The normalized spacial score (nSPS) is 21.4. The lowest BCUT2D eigenvalue weighted by Gasteiger charge is -2.25. The lowest BCUT2D eigenvalue weighted by molar-refractivity contribution is -0.127. The quantitative estimate of drug-likeness (QED) is 0.745. The van der Waals surface area contributed by atoms with Gasteiger partial charge in [-0.1, -0.05) is 30.3 Å². The third-order valence-corrected chi connectivity index (χ3v) is 3.68. The van der Waals surface area contributed by atoms with E-state index < -0.39 is 30.1 Å². The highest BCUT2D eigenvalue weighted by molar-refractivity contribution is 5.86. The molecule has 0 aromatic heterocycles. The van der Waals surface area contributed by atoms with Gasteiger partial charge in [0.2, 0.25) is 5.91 Å². The van der Waals surface area contributed by atoms with E-state index in [1.807, 2.05) is 30.3 Å². The minimum atomic E-state index is -1.03. The van der Waals surface area contributed by atoms with E-state index in [-0.39, 0.29) is 5.91 Å². The van der Waals surface area contributed by atoms with Crippen molar-refractivity contribution in [2.24, 2.45) is 0 Å². The molecule has 3 atom stereocenters. The van der Waals surface area contributed by atoms with Gasteiger partial charge in [0, 0.05) is 6.42 Å². The second-order valence-corrected chi connectivity index (χ2v) is 7.05. The van der Waals surface area contributed by atoms with Crippen LogP contribution in [0.5, 0.6) is 0 Å². The molecular formula is C18H26N2O5.